The molecule has 1 atom stereocenters. The largest absolute Gasteiger partial charge is 0.493 e. The van der Waals surface area contributed by atoms with Gasteiger partial charge < -0.3 is 14.2 Å². The van der Waals surface area contributed by atoms with E-state index in [9.17, 15) is 24.5 Å². The summed E-state index contributed by atoms with van der Waals surface area (Å²) in [6.07, 6.45) is 3.39. The Balaban J connectivity index is 1.57. The van der Waals surface area contributed by atoms with E-state index in [1.165, 1.54) is 43.9 Å². The van der Waals surface area contributed by atoms with Crippen LogP contribution in [0.1, 0.15) is 31.0 Å². The molecule has 0 unspecified atom stereocenters. The Kier molecular flexibility index (Phi) is 8.57. The molecule has 0 aliphatic carbocycles. The van der Waals surface area contributed by atoms with Crippen LogP contribution in [0, 0.1) is 10.1 Å². The zero-order chi connectivity index (χ0) is 34.1. The van der Waals surface area contributed by atoms with Gasteiger partial charge >= 0.3 is 11.9 Å². The van der Waals surface area contributed by atoms with Crippen molar-refractivity contribution in [1.82, 2.24) is 14.3 Å². The average Bonchev–Trinajstić information content (AvgIpc) is 3.64. The molecule has 0 saturated carbocycles. The SMILES string of the molecule is COC(=O)C1=C(C)N=c2s/c(=C/c3cn(-c4ccccc4)nc3-c3cccc([N+](=O)[O-])c3)c(=O)n2[C@H]1c1ccc(OC(C)=O)c(OC)c1. The first-order valence-corrected chi connectivity index (χ1v) is 15.3. The zero-order valence-electron chi connectivity index (χ0n) is 26.1. The number of allylic oxidation sites excluding steroid dienone is 1. The number of aromatic nitrogens is 3. The molecule has 48 heavy (non-hydrogen) atoms. The summed E-state index contributed by atoms with van der Waals surface area (Å²) in [6, 6.07) is 19.2. The topological polar surface area (TPSA) is 157 Å². The monoisotopic (exact) mass is 665 g/mol. The molecule has 13 nitrogen and oxygen atoms in total. The van der Waals surface area contributed by atoms with Crippen LogP contribution in [0.4, 0.5) is 5.69 Å². The van der Waals surface area contributed by atoms with Gasteiger partial charge in [0.05, 0.1) is 46.7 Å². The molecule has 242 valence electrons. The highest BCUT2D eigenvalue weighted by atomic mass is 32.1. The maximum atomic E-state index is 14.3. The number of methoxy groups -OCH3 is 2. The number of thiazole rings is 1. The first kappa shape index (κ1) is 31.8. The Morgan fingerprint density at radius 3 is 2.48 bits per heavy atom. The van der Waals surface area contributed by atoms with Gasteiger partial charge in [0.15, 0.2) is 16.3 Å². The highest BCUT2D eigenvalue weighted by molar-refractivity contribution is 7.07. The van der Waals surface area contributed by atoms with Crippen LogP contribution in [-0.4, -0.2) is 45.4 Å². The quantitative estimate of drug-likeness (QED) is 0.103. The fourth-order valence-corrected chi connectivity index (χ4v) is 6.48. The van der Waals surface area contributed by atoms with Gasteiger partial charge in [-0.25, -0.2) is 14.5 Å². The third-order valence-electron chi connectivity index (χ3n) is 7.56. The van der Waals surface area contributed by atoms with Gasteiger partial charge in [-0.1, -0.05) is 47.7 Å². The van der Waals surface area contributed by atoms with E-state index in [0.29, 0.717) is 32.9 Å². The van der Waals surface area contributed by atoms with Gasteiger partial charge in [0.25, 0.3) is 11.2 Å². The van der Waals surface area contributed by atoms with Crippen molar-refractivity contribution in [2.24, 2.45) is 4.99 Å². The molecule has 5 aromatic rings. The minimum absolute atomic E-state index is 0.104. The number of carbonyl (C=O) groups is 2. The lowest BCUT2D eigenvalue weighted by Gasteiger charge is -2.25. The number of esters is 2. The van der Waals surface area contributed by atoms with Gasteiger partial charge in [0.2, 0.25) is 0 Å². The van der Waals surface area contributed by atoms with E-state index in [0.717, 1.165) is 17.0 Å². The number of hydrogen-bond donors (Lipinski definition) is 0. The Morgan fingerprint density at radius 2 is 1.79 bits per heavy atom. The van der Waals surface area contributed by atoms with Crippen molar-refractivity contribution in [2.45, 2.75) is 19.9 Å². The van der Waals surface area contributed by atoms with Crippen LogP contribution in [0.2, 0.25) is 0 Å². The Hall–Kier alpha value is -6.15. The molecule has 0 amide bonds. The fraction of sp³-hybridized carbons (Fsp3) is 0.147. The van der Waals surface area contributed by atoms with E-state index < -0.39 is 28.5 Å². The molecule has 0 saturated heterocycles. The van der Waals surface area contributed by atoms with Crippen molar-refractivity contribution in [3.8, 4) is 28.4 Å². The van der Waals surface area contributed by atoms with Crippen molar-refractivity contribution in [2.75, 3.05) is 14.2 Å². The molecule has 0 radical (unpaired) electrons. The number of ether oxygens (including phenoxy) is 3. The van der Waals surface area contributed by atoms with Crippen LogP contribution >= 0.6 is 11.3 Å². The zero-order valence-corrected chi connectivity index (χ0v) is 26.9. The second-order valence-electron chi connectivity index (χ2n) is 10.6. The molecule has 3 aromatic carbocycles. The standard InChI is InChI=1S/C34H27N5O8S/c1-19-29(33(42)46-4)31(22-13-14-26(47-20(2)40)27(16-22)45-3)38-32(41)28(48-34(38)35-19)17-23-18-37(24-10-6-5-7-11-24)36-30(23)21-9-8-12-25(15-21)39(43)44/h5-18,31H,1-4H3/b28-17+/t31-/m0/s1. The number of rotatable bonds is 8. The lowest BCUT2D eigenvalue weighted by molar-refractivity contribution is -0.384. The van der Waals surface area contributed by atoms with E-state index in [2.05, 4.69) is 4.99 Å². The van der Waals surface area contributed by atoms with E-state index >= 15 is 0 Å². The summed E-state index contributed by atoms with van der Waals surface area (Å²) >= 11 is 1.11. The average molecular weight is 666 g/mol. The molecule has 0 bridgehead atoms. The number of carbonyl (C=O) groups excluding carboxylic acids is 2. The number of non-ortho nitro benzene ring substituents is 1. The van der Waals surface area contributed by atoms with Gasteiger partial charge in [-0.3, -0.25) is 24.3 Å². The molecule has 14 heteroatoms. The molecule has 1 aliphatic heterocycles. The number of para-hydroxylation sites is 1. The van der Waals surface area contributed by atoms with Crippen LogP contribution in [0.3, 0.4) is 0 Å². The Labute approximate surface area is 276 Å². The third-order valence-corrected chi connectivity index (χ3v) is 8.55. The molecule has 1 aliphatic rings. The van der Waals surface area contributed by atoms with Crippen molar-refractivity contribution < 1.29 is 28.7 Å². The summed E-state index contributed by atoms with van der Waals surface area (Å²) in [4.78, 5) is 55.1. The summed E-state index contributed by atoms with van der Waals surface area (Å²) in [7, 11) is 2.66. The van der Waals surface area contributed by atoms with Crippen molar-refractivity contribution in [1.29, 1.82) is 0 Å². The number of benzene rings is 3. The molecule has 0 N–H and O–H groups in total. The predicted molar refractivity (Wildman–Crippen MR) is 176 cm³/mol. The molecule has 0 spiro atoms. The van der Waals surface area contributed by atoms with Gasteiger partial charge in [0.1, 0.15) is 5.69 Å². The predicted octanol–water partition coefficient (Wildman–Crippen LogP) is 4.10. The second kappa shape index (κ2) is 12.9. The van der Waals surface area contributed by atoms with Crippen LogP contribution in [0.25, 0.3) is 23.0 Å². The summed E-state index contributed by atoms with van der Waals surface area (Å²) in [5, 5.41) is 16.3. The van der Waals surface area contributed by atoms with Crippen molar-refractivity contribution in [3.05, 3.63) is 131 Å². The number of nitro groups is 1. The van der Waals surface area contributed by atoms with Crippen LogP contribution in [0.5, 0.6) is 11.5 Å². The van der Waals surface area contributed by atoms with Gasteiger partial charge in [-0.2, -0.15) is 5.10 Å². The van der Waals surface area contributed by atoms with E-state index in [1.807, 2.05) is 30.3 Å². The van der Waals surface area contributed by atoms with Gasteiger partial charge in [0, 0.05) is 36.4 Å². The Morgan fingerprint density at radius 1 is 1.02 bits per heavy atom. The summed E-state index contributed by atoms with van der Waals surface area (Å²) in [5.41, 5.74) is 2.62. The molecule has 0 fully saturated rings. The van der Waals surface area contributed by atoms with Crippen molar-refractivity contribution >= 4 is 35.0 Å². The van der Waals surface area contributed by atoms with Crippen LogP contribution in [-0.2, 0) is 14.3 Å². The lowest BCUT2D eigenvalue weighted by atomic mass is 9.95. The summed E-state index contributed by atoms with van der Waals surface area (Å²) in [6.45, 7) is 2.92. The first-order valence-electron chi connectivity index (χ1n) is 14.5. The second-order valence-corrected chi connectivity index (χ2v) is 11.6. The Bertz CT molecular complexity index is 2320. The smallest absolute Gasteiger partial charge is 0.338 e. The van der Waals surface area contributed by atoms with Crippen LogP contribution in [0.15, 0.2) is 100 Å². The maximum Gasteiger partial charge on any atom is 0.338 e. The molecule has 2 aromatic heterocycles. The number of nitro benzene ring substituents is 1. The van der Waals surface area contributed by atoms with Crippen molar-refractivity contribution in [3.63, 3.8) is 0 Å². The minimum Gasteiger partial charge on any atom is -0.493 e. The first-order chi connectivity index (χ1) is 23.1. The van der Waals surface area contributed by atoms with Crippen LogP contribution < -0.4 is 24.4 Å². The van der Waals surface area contributed by atoms with Gasteiger partial charge in [-0.05, 0) is 42.8 Å². The summed E-state index contributed by atoms with van der Waals surface area (Å²) < 4.78 is 19.2. The van der Waals surface area contributed by atoms with Gasteiger partial charge in [-0.15, -0.1) is 0 Å². The number of nitrogens with zero attached hydrogens (tertiary/aromatic N) is 5. The lowest BCUT2D eigenvalue weighted by Crippen LogP contribution is -2.39. The fourth-order valence-electron chi connectivity index (χ4n) is 5.44. The molecular formula is C34H27N5O8S. The highest BCUT2D eigenvalue weighted by Crippen LogP contribution is 2.36. The van der Waals surface area contributed by atoms with E-state index in [1.54, 1.807) is 48.1 Å². The molecule has 6 rings (SSSR count). The molecule has 3 heterocycles. The van der Waals surface area contributed by atoms with E-state index in [4.69, 9.17) is 19.3 Å². The van der Waals surface area contributed by atoms with E-state index in [-0.39, 0.29) is 27.3 Å². The summed E-state index contributed by atoms with van der Waals surface area (Å²) in [5.74, 6) is -0.819. The minimum atomic E-state index is -0.959. The molecular weight excluding hydrogens is 638 g/mol. The maximum absolute atomic E-state index is 14.3. The number of hydrogen-bond acceptors (Lipinski definition) is 11. The highest BCUT2D eigenvalue weighted by Gasteiger charge is 2.34. The number of fused-ring (bicyclic) bond motifs is 1. The third kappa shape index (κ3) is 5.91. The normalized spacial score (nSPS) is 14.2.